The van der Waals surface area contributed by atoms with Crippen LogP contribution in [-0.2, 0) is 9.53 Å². The number of carbonyl (C=O) groups is 1. The summed E-state index contributed by atoms with van der Waals surface area (Å²) in [7, 11) is 1.43. The van der Waals surface area contributed by atoms with Gasteiger partial charge in [0.25, 0.3) is 0 Å². The van der Waals surface area contributed by atoms with E-state index in [1.807, 2.05) is 0 Å². The average molecular weight is 255 g/mol. The summed E-state index contributed by atoms with van der Waals surface area (Å²) in [5.74, 6) is -0.0324. The highest BCUT2D eigenvalue weighted by atomic mass is 127. The quantitative estimate of drug-likeness (QED) is 0.412. The Hall–Kier alpha value is 0.160. The molecule has 1 heterocycles. The van der Waals surface area contributed by atoms with Crippen LogP contribution in [0.4, 0.5) is 0 Å². The zero-order chi connectivity index (χ0) is 7.56. The number of methoxy groups -OCH3 is 1. The number of alkyl halides is 1. The Kier molecular flexibility index (Phi) is 2.91. The van der Waals surface area contributed by atoms with Gasteiger partial charge in [0.2, 0.25) is 0 Å². The van der Waals surface area contributed by atoms with Crippen molar-refractivity contribution in [1.29, 1.82) is 0 Å². The second-order valence-corrected chi connectivity index (χ2v) is 3.90. The summed E-state index contributed by atoms with van der Waals surface area (Å²) >= 11 is 2.27. The van der Waals surface area contributed by atoms with Gasteiger partial charge < -0.3 is 10.1 Å². The van der Waals surface area contributed by atoms with Crippen LogP contribution in [0, 0.1) is 5.92 Å². The van der Waals surface area contributed by atoms with Crippen LogP contribution in [0.15, 0.2) is 0 Å². The summed E-state index contributed by atoms with van der Waals surface area (Å²) < 4.78 is 5.01. The fourth-order valence-electron chi connectivity index (χ4n) is 1.03. The molecular formula is C6H10INO2. The molecule has 1 unspecified atom stereocenters. The topological polar surface area (TPSA) is 38.3 Å². The SMILES string of the molecule is COC(=O)[C@H]1CNCC1I. The predicted octanol–water partition coefficient (Wildman–Crippen LogP) is 0.182. The lowest BCUT2D eigenvalue weighted by molar-refractivity contribution is -0.144. The van der Waals surface area contributed by atoms with Crippen molar-refractivity contribution in [2.75, 3.05) is 20.2 Å². The van der Waals surface area contributed by atoms with E-state index >= 15 is 0 Å². The Balaban J connectivity index is 2.46. The van der Waals surface area contributed by atoms with Gasteiger partial charge in [-0.25, -0.2) is 0 Å². The van der Waals surface area contributed by atoms with Crippen LogP contribution in [0.3, 0.4) is 0 Å². The molecule has 58 valence electrons. The van der Waals surface area contributed by atoms with Crippen molar-refractivity contribution in [3.63, 3.8) is 0 Å². The van der Waals surface area contributed by atoms with Crippen LogP contribution in [-0.4, -0.2) is 30.1 Å². The van der Waals surface area contributed by atoms with Gasteiger partial charge in [-0.15, -0.1) is 0 Å². The molecule has 1 rings (SSSR count). The van der Waals surface area contributed by atoms with E-state index in [-0.39, 0.29) is 11.9 Å². The van der Waals surface area contributed by atoms with E-state index in [0.717, 1.165) is 13.1 Å². The standard InChI is InChI=1S/C6H10INO2/c1-10-6(9)4-2-8-3-5(4)7/h4-5,8H,2-3H2,1H3/t4-,5?/m0/s1. The van der Waals surface area contributed by atoms with Gasteiger partial charge in [0.1, 0.15) is 0 Å². The molecular weight excluding hydrogens is 245 g/mol. The van der Waals surface area contributed by atoms with E-state index in [2.05, 4.69) is 32.6 Å². The molecule has 1 aliphatic heterocycles. The molecule has 0 aromatic rings. The number of halogens is 1. The number of ether oxygens (including phenoxy) is 1. The highest BCUT2D eigenvalue weighted by Crippen LogP contribution is 2.18. The van der Waals surface area contributed by atoms with Gasteiger partial charge in [-0.3, -0.25) is 4.79 Å². The van der Waals surface area contributed by atoms with Gasteiger partial charge >= 0.3 is 5.97 Å². The summed E-state index contributed by atoms with van der Waals surface area (Å²) in [6, 6.07) is 0. The molecule has 0 aromatic carbocycles. The fraction of sp³-hybridized carbons (Fsp3) is 0.833. The molecule has 0 saturated carbocycles. The molecule has 1 aliphatic rings. The molecule has 10 heavy (non-hydrogen) atoms. The lowest BCUT2D eigenvalue weighted by Crippen LogP contribution is -2.23. The van der Waals surface area contributed by atoms with Crippen molar-refractivity contribution >= 4 is 28.6 Å². The summed E-state index contributed by atoms with van der Waals surface area (Å²) in [6.07, 6.45) is 0. The molecule has 1 N–H and O–H groups in total. The van der Waals surface area contributed by atoms with E-state index in [4.69, 9.17) is 0 Å². The summed E-state index contributed by atoms with van der Waals surface area (Å²) in [4.78, 5) is 11.0. The minimum absolute atomic E-state index is 0.0607. The minimum Gasteiger partial charge on any atom is -0.469 e. The molecule has 1 saturated heterocycles. The molecule has 0 radical (unpaired) electrons. The number of hydrogen-bond donors (Lipinski definition) is 1. The maximum absolute atomic E-state index is 11.0. The van der Waals surface area contributed by atoms with E-state index in [9.17, 15) is 4.79 Å². The van der Waals surface area contributed by atoms with E-state index < -0.39 is 0 Å². The van der Waals surface area contributed by atoms with Gasteiger partial charge in [-0.05, 0) is 0 Å². The number of rotatable bonds is 1. The first-order valence-corrected chi connectivity index (χ1v) is 4.43. The lowest BCUT2D eigenvalue weighted by Gasteiger charge is -2.08. The third kappa shape index (κ3) is 1.60. The lowest BCUT2D eigenvalue weighted by atomic mass is 10.1. The van der Waals surface area contributed by atoms with Gasteiger partial charge in [0, 0.05) is 17.0 Å². The largest absolute Gasteiger partial charge is 0.469 e. The maximum atomic E-state index is 11.0. The van der Waals surface area contributed by atoms with E-state index in [0.29, 0.717) is 3.92 Å². The maximum Gasteiger partial charge on any atom is 0.311 e. The van der Waals surface area contributed by atoms with Crippen molar-refractivity contribution in [1.82, 2.24) is 5.32 Å². The predicted molar refractivity (Wildman–Crippen MR) is 46.2 cm³/mol. The van der Waals surface area contributed by atoms with Gasteiger partial charge in [-0.1, -0.05) is 22.6 Å². The zero-order valence-corrected chi connectivity index (χ0v) is 7.92. The Morgan fingerprint density at radius 2 is 2.40 bits per heavy atom. The number of carbonyl (C=O) groups excluding carboxylic acids is 1. The molecule has 3 nitrogen and oxygen atoms in total. The average Bonchev–Trinajstić information content (AvgIpc) is 2.34. The summed E-state index contributed by atoms with van der Waals surface area (Å²) in [6.45, 7) is 1.68. The molecule has 0 spiro atoms. The molecule has 0 bridgehead atoms. The molecule has 0 aromatic heterocycles. The molecule has 2 atom stereocenters. The fourth-order valence-corrected chi connectivity index (χ4v) is 1.89. The van der Waals surface area contributed by atoms with Crippen LogP contribution >= 0.6 is 22.6 Å². The van der Waals surface area contributed by atoms with Crippen molar-refractivity contribution in [3.05, 3.63) is 0 Å². The van der Waals surface area contributed by atoms with Crippen molar-refractivity contribution in [2.45, 2.75) is 3.92 Å². The number of nitrogens with one attached hydrogen (secondary N) is 1. The Morgan fingerprint density at radius 1 is 1.70 bits per heavy atom. The molecule has 0 aliphatic carbocycles. The highest BCUT2D eigenvalue weighted by molar-refractivity contribution is 14.1. The van der Waals surface area contributed by atoms with Crippen LogP contribution < -0.4 is 5.32 Å². The second-order valence-electron chi connectivity index (χ2n) is 2.30. The second kappa shape index (κ2) is 3.52. The Labute approximate surface area is 73.6 Å². The monoisotopic (exact) mass is 255 g/mol. The van der Waals surface area contributed by atoms with Gasteiger partial charge in [0.15, 0.2) is 0 Å². The van der Waals surface area contributed by atoms with Gasteiger partial charge in [-0.2, -0.15) is 0 Å². The van der Waals surface area contributed by atoms with Crippen LogP contribution in [0.2, 0.25) is 0 Å². The smallest absolute Gasteiger partial charge is 0.311 e. The summed E-state index contributed by atoms with van der Waals surface area (Å²) in [5.41, 5.74) is 0. The minimum atomic E-state index is -0.0931. The van der Waals surface area contributed by atoms with Crippen LogP contribution in [0.1, 0.15) is 0 Å². The van der Waals surface area contributed by atoms with Crippen LogP contribution in [0.25, 0.3) is 0 Å². The first-order valence-electron chi connectivity index (χ1n) is 3.18. The Bertz CT molecular complexity index is 140. The third-order valence-electron chi connectivity index (χ3n) is 1.64. The normalized spacial score (nSPS) is 32.2. The van der Waals surface area contributed by atoms with E-state index in [1.54, 1.807) is 0 Å². The zero-order valence-electron chi connectivity index (χ0n) is 5.76. The van der Waals surface area contributed by atoms with Crippen molar-refractivity contribution < 1.29 is 9.53 Å². The molecule has 4 heteroatoms. The third-order valence-corrected chi connectivity index (χ3v) is 2.95. The Morgan fingerprint density at radius 3 is 2.80 bits per heavy atom. The first-order chi connectivity index (χ1) is 4.75. The van der Waals surface area contributed by atoms with Gasteiger partial charge in [0.05, 0.1) is 13.0 Å². The van der Waals surface area contributed by atoms with Crippen molar-refractivity contribution in [3.8, 4) is 0 Å². The number of esters is 1. The van der Waals surface area contributed by atoms with Crippen molar-refractivity contribution in [2.24, 2.45) is 5.92 Å². The highest BCUT2D eigenvalue weighted by Gasteiger charge is 2.31. The first kappa shape index (κ1) is 8.26. The van der Waals surface area contributed by atoms with E-state index in [1.165, 1.54) is 7.11 Å². The number of hydrogen-bond acceptors (Lipinski definition) is 3. The summed E-state index contributed by atoms with van der Waals surface area (Å²) in [5, 5.41) is 3.13. The van der Waals surface area contributed by atoms with Crippen LogP contribution in [0.5, 0.6) is 0 Å². The molecule has 1 fully saturated rings. The molecule has 0 amide bonds.